The summed E-state index contributed by atoms with van der Waals surface area (Å²) in [7, 11) is 0. The van der Waals surface area contributed by atoms with Gasteiger partial charge in [-0.3, -0.25) is 5.43 Å². The molecule has 0 aliphatic heterocycles. The van der Waals surface area contributed by atoms with Crippen LogP contribution in [0.4, 0.5) is 5.69 Å². The zero-order valence-electron chi connectivity index (χ0n) is 15.7. The van der Waals surface area contributed by atoms with Gasteiger partial charge in [0.1, 0.15) is 5.58 Å². The van der Waals surface area contributed by atoms with E-state index >= 15 is 0 Å². The largest absolute Gasteiger partial charge is 0.436 e. The summed E-state index contributed by atoms with van der Waals surface area (Å²) in [5.41, 5.74) is 9.22. The second kappa shape index (κ2) is 7.15. The highest BCUT2D eigenvalue weighted by Gasteiger charge is 2.11. The van der Waals surface area contributed by atoms with Crippen molar-refractivity contribution in [3.05, 3.63) is 95.0 Å². The van der Waals surface area contributed by atoms with E-state index in [9.17, 15) is 0 Å². The molecule has 0 amide bonds. The Balaban J connectivity index is 1.71. The molecule has 5 aromatic rings. The summed E-state index contributed by atoms with van der Waals surface area (Å²) in [5.74, 6) is 0. The summed E-state index contributed by atoms with van der Waals surface area (Å²) in [6, 6.07) is 25.9. The lowest BCUT2D eigenvalue weighted by atomic mass is 10.1. The predicted octanol–water partition coefficient (Wildman–Crippen LogP) is 6.47. The zero-order chi connectivity index (χ0) is 19.8. The number of nitrogens with zero attached hydrogens (tertiary/aromatic N) is 1. The van der Waals surface area contributed by atoms with E-state index in [1.807, 2.05) is 61.5 Å². The Bertz CT molecular complexity index is 1360. The molecule has 2 N–H and O–H groups in total. The van der Waals surface area contributed by atoms with E-state index in [1.54, 1.807) is 0 Å². The Morgan fingerprint density at radius 3 is 2.52 bits per heavy atom. The summed E-state index contributed by atoms with van der Waals surface area (Å²) < 4.78 is 6.24. The highest BCUT2D eigenvalue weighted by molar-refractivity contribution is 6.30. The molecule has 0 unspecified atom stereocenters. The lowest BCUT2D eigenvalue weighted by Gasteiger charge is -2.06. The van der Waals surface area contributed by atoms with Crippen molar-refractivity contribution in [3.8, 4) is 11.3 Å². The van der Waals surface area contributed by atoms with Crippen LogP contribution < -0.4 is 11.0 Å². The van der Waals surface area contributed by atoms with Crippen molar-refractivity contribution in [2.24, 2.45) is 5.10 Å². The van der Waals surface area contributed by atoms with E-state index in [2.05, 4.69) is 39.8 Å². The molecule has 29 heavy (non-hydrogen) atoms. The molecule has 2 aromatic heterocycles. The minimum absolute atomic E-state index is 0.508. The lowest BCUT2D eigenvalue weighted by Crippen LogP contribution is -2.09. The van der Waals surface area contributed by atoms with Gasteiger partial charge >= 0.3 is 0 Å². The number of aromatic nitrogens is 1. The number of hydrogen-bond acceptors (Lipinski definition) is 3. The third-order valence-electron chi connectivity index (χ3n) is 4.92. The van der Waals surface area contributed by atoms with Gasteiger partial charge in [-0.2, -0.15) is 0 Å². The Labute approximate surface area is 172 Å². The average Bonchev–Trinajstić information content (AvgIpc) is 3.17. The van der Waals surface area contributed by atoms with Gasteiger partial charge in [-0.15, -0.1) is 5.10 Å². The summed E-state index contributed by atoms with van der Waals surface area (Å²) in [6.45, 7) is 2.03. The third kappa shape index (κ3) is 3.39. The van der Waals surface area contributed by atoms with Gasteiger partial charge in [-0.25, -0.2) is 0 Å². The maximum Gasteiger partial charge on any atom is 0.245 e. The molecule has 0 radical (unpaired) electrons. The highest BCUT2D eigenvalue weighted by atomic mass is 35.5. The number of H-pyrrole nitrogens is 1. The van der Waals surface area contributed by atoms with E-state index < -0.39 is 0 Å². The quantitative estimate of drug-likeness (QED) is 0.341. The molecule has 0 aliphatic rings. The molecule has 0 aliphatic carbocycles. The first-order chi connectivity index (χ1) is 14.2. The molecule has 0 fully saturated rings. The molecule has 0 spiro atoms. The molecule has 4 nitrogen and oxygen atoms in total. The summed E-state index contributed by atoms with van der Waals surface area (Å²) in [5, 5.41) is 7.42. The van der Waals surface area contributed by atoms with Gasteiger partial charge in [0.05, 0.1) is 16.9 Å². The van der Waals surface area contributed by atoms with Gasteiger partial charge in [-0.05, 0) is 55.0 Å². The van der Waals surface area contributed by atoms with Crippen LogP contribution in [-0.2, 0) is 0 Å². The van der Waals surface area contributed by atoms with Crippen molar-refractivity contribution in [3.63, 3.8) is 0 Å². The Hall–Kier alpha value is -3.50. The van der Waals surface area contributed by atoms with Gasteiger partial charge in [0.25, 0.3) is 0 Å². The van der Waals surface area contributed by atoms with Crippen molar-refractivity contribution in [2.45, 2.75) is 6.92 Å². The average molecular weight is 400 g/mol. The third-order valence-corrected chi connectivity index (χ3v) is 5.17. The topological polar surface area (TPSA) is 53.3 Å². The molecule has 0 saturated carbocycles. The second-order valence-electron chi connectivity index (χ2n) is 6.96. The number of anilines is 1. The van der Waals surface area contributed by atoms with Crippen molar-refractivity contribution in [1.82, 2.24) is 4.98 Å². The van der Waals surface area contributed by atoms with Crippen LogP contribution >= 0.6 is 11.6 Å². The summed E-state index contributed by atoms with van der Waals surface area (Å²) in [6.07, 6.45) is 0. The Kier molecular flexibility index (Phi) is 4.34. The fourth-order valence-electron chi connectivity index (χ4n) is 3.43. The highest BCUT2D eigenvalue weighted by Crippen LogP contribution is 2.26. The summed E-state index contributed by atoms with van der Waals surface area (Å²) >= 11 is 5.97. The van der Waals surface area contributed by atoms with E-state index in [4.69, 9.17) is 16.0 Å². The molecular weight excluding hydrogens is 382 g/mol. The Morgan fingerprint density at radius 1 is 0.897 bits per heavy atom. The molecular formula is C24H18ClN3O. The van der Waals surface area contributed by atoms with Crippen LogP contribution in [0.1, 0.15) is 5.56 Å². The van der Waals surface area contributed by atoms with E-state index in [1.165, 1.54) is 0 Å². The first-order valence-corrected chi connectivity index (χ1v) is 9.72. The van der Waals surface area contributed by atoms with E-state index in [-0.39, 0.29) is 0 Å². The smallest absolute Gasteiger partial charge is 0.245 e. The number of aromatic amines is 1. The van der Waals surface area contributed by atoms with Crippen LogP contribution in [0.15, 0.2) is 88.4 Å². The van der Waals surface area contributed by atoms with E-state index in [0.29, 0.717) is 10.6 Å². The van der Waals surface area contributed by atoms with Crippen LogP contribution in [0, 0.1) is 6.92 Å². The maximum atomic E-state index is 6.24. The maximum absolute atomic E-state index is 6.24. The molecule has 0 saturated heterocycles. The first kappa shape index (κ1) is 17.6. The molecule has 2 heterocycles. The molecule has 3 aromatic carbocycles. The molecule has 0 bridgehead atoms. The number of fused-ring (bicyclic) bond motifs is 2. The van der Waals surface area contributed by atoms with Crippen molar-refractivity contribution >= 4 is 39.2 Å². The number of aryl methyl sites for hydroxylation is 1. The number of halogens is 1. The fourth-order valence-corrected chi connectivity index (χ4v) is 3.56. The zero-order valence-corrected chi connectivity index (χ0v) is 16.5. The van der Waals surface area contributed by atoms with Gasteiger partial charge < -0.3 is 9.40 Å². The van der Waals surface area contributed by atoms with Gasteiger partial charge in [0.2, 0.25) is 5.55 Å². The number of benzene rings is 3. The number of hydrogen-bond donors (Lipinski definition) is 2. The van der Waals surface area contributed by atoms with E-state index in [0.717, 1.165) is 44.4 Å². The van der Waals surface area contributed by atoms with Crippen LogP contribution in [0.25, 0.3) is 33.1 Å². The second-order valence-corrected chi connectivity index (χ2v) is 7.40. The number of nitrogens with one attached hydrogen (secondary N) is 2. The molecule has 0 atom stereocenters. The standard InChI is InChI=1S/C24H18ClN3O/c1-15-5-4-7-17-13-20(22-14-16-6-2-3-8-21(16)26-22)24(29-23(15)17)28-27-19-11-9-18(25)10-12-19/h2-14,26-27H,1H3/b28-24+. The summed E-state index contributed by atoms with van der Waals surface area (Å²) in [4.78, 5) is 3.47. The van der Waals surface area contributed by atoms with Gasteiger partial charge in [-0.1, -0.05) is 48.0 Å². The monoisotopic (exact) mass is 399 g/mol. The molecule has 5 heteroatoms. The fraction of sp³-hybridized carbons (Fsp3) is 0.0417. The van der Waals surface area contributed by atoms with Crippen LogP contribution in [0.5, 0.6) is 0 Å². The van der Waals surface area contributed by atoms with Crippen molar-refractivity contribution < 1.29 is 4.42 Å². The number of para-hydroxylation sites is 2. The Morgan fingerprint density at radius 2 is 1.69 bits per heavy atom. The van der Waals surface area contributed by atoms with Gasteiger partial charge in [0, 0.05) is 21.3 Å². The minimum Gasteiger partial charge on any atom is -0.436 e. The first-order valence-electron chi connectivity index (χ1n) is 9.34. The number of rotatable bonds is 3. The van der Waals surface area contributed by atoms with Crippen LogP contribution in [0.2, 0.25) is 5.02 Å². The lowest BCUT2D eigenvalue weighted by molar-refractivity contribution is 0.541. The van der Waals surface area contributed by atoms with Crippen molar-refractivity contribution in [2.75, 3.05) is 5.43 Å². The molecule has 142 valence electrons. The predicted molar refractivity (Wildman–Crippen MR) is 119 cm³/mol. The molecule has 5 rings (SSSR count). The van der Waals surface area contributed by atoms with Crippen LogP contribution in [-0.4, -0.2) is 4.98 Å². The normalized spacial score (nSPS) is 12.0. The van der Waals surface area contributed by atoms with Crippen LogP contribution in [0.3, 0.4) is 0 Å². The minimum atomic E-state index is 0.508. The van der Waals surface area contributed by atoms with Crippen molar-refractivity contribution in [1.29, 1.82) is 0 Å². The van der Waals surface area contributed by atoms with Gasteiger partial charge in [0.15, 0.2) is 0 Å². The SMILES string of the molecule is Cc1cccc2cc(-c3cc4ccccc4[nH]3)/c(=N\Nc3ccc(Cl)cc3)oc12.